The van der Waals surface area contributed by atoms with Gasteiger partial charge in [0.05, 0.1) is 6.26 Å². The van der Waals surface area contributed by atoms with Crippen LogP contribution in [-0.2, 0) is 0 Å². The quantitative estimate of drug-likeness (QED) is 0.661. The number of nitrogens with one attached hydrogen (secondary N) is 1. The van der Waals surface area contributed by atoms with Crippen LogP contribution in [0.1, 0.15) is 20.9 Å². The van der Waals surface area contributed by atoms with Gasteiger partial charge in [-0.3, -0.25) is 9.59 Å². The zero-order valence-electron chi connectivity index (χ0n) is 9.67. The second kappa shape index (κ2) is 5.69. The highest BCUT2D eigenvalue weighted by Crippen LogP contribution is 2.11. The SMILES string of the molecule is O=C(NC(O)C(=O)c1ccc(Cl)cc1)c1ccco1. The summed E-state index contributed by atoms with van der Waals surface area (Å²) in [5.74, 6) is -1.28. The predicted octanol–water partition coefficient (Wildman–Crippen LogP) is 1.86. The third-order valence-electron chi connectivity index (χ3n) is 2.39. The van der Waals surface area contributed by atoms with Crippen LogP contribution in [0.25, 0.3) is 0 Å². The number of hydrogen-bond acceptors (Lipinski definition) is 4. The molecule has 5 nitrogen and oxygen atoms in total. The summed E-state index contributed by atoms with van der Waals surface area (Å²) in [6, 6.07) is 8.93. The highest BCUT2D eigenvalue weighted by Gasteiger charge is 2.21. The highest BCUT2D eigenvalue weighted by molar-refractivity contribution is 6.30. The molecule has 6 heteroatoms. The number of aliphatic hydroxyl groups excluding tert-OH is 1. The van der Waals surface area contributed by atoms with Crippen molar-refractivity contribution < 1.29 is 19.1 Å². The zero-order valence-corrected chi connectivity index (χ0v) is 10.4. The second-order valence-corrected chi connectivity index (χ2v) is 4.16. The number of amides is 1. The molecule has 0 bridgehead atoms. The zero-order chi connectivity index (χ0) is 13.8. The Hall–Kier alpha value is -2.11. The summed E-state index contributed by atoms with van der Waals surface area (Å²) in [7, 11) is 0. The number of carbonyl (C=O) groups is 2. The van der Waals surface area contributed by atoms with E-state index in [1.165, 1.54) is 42.7 Å². The molecule has 2 N–H and O–H groups in total. The lowest BCUT2D eigenvalue weighted by Gasteiger charge is -2.10. The van der Waals surface area contributed by atoms with E-state index in [9.17, 15) is 14.7 Å². The minimum atomic E-state index is -1.64. The van der Waals surface area contributed by atoms with Crippen LogP contribution in [0.15, 0.2) is 47.1 Å². The lowest BCUT2D eigenvalue weighted by atomic mass is 10.1. The number of benzene rings is 1. The first kappa shape index (κ1) is 13.3. The number of rotatable bonds is 4. The fourth-order valence-corrected chi connectivity index (χ4v) is 1.57. The number of halogens is 1. The molecule has 0 saturated carbocycles. The minimum absolute atomic E-state index is 0.0166. The maximum absolute atomic E-state index is 11.8. The van der Waals surface area contributed by atoms with Crippen molar-refractivity contribution in [2.75, 3.05) is 0 Å². The first-order valence-corrected chi connectivity index (χ1v) is 5.78. The van der Waals surface area contributed by atoms with E-state index in [2.05, 4.69) is 5.32 Å². The summed E-state index contributed by atoms with van der Waals surface area (Å²) in [6.45, 7) is 0. The Morgan fingerprint density at radius 3 is 2.47 bits per heavy atom. The Kier molecular flexibility index (Phi) is 3.99. The van der Waals surface area contributed by atoms with Crippen molar-refractivity contribution in [1.29, 1.82) is 0 Å². The molecule has 0 aliphatic heterocycles. The molecule has 0 aliphatic rings. The van der Waals surface area contributed by atoms with Crippen molar-refractivity contribution in [3.05, 3.63) is 59.0 Å². The van der Waals surface area contributed by atoms with Crippen LogP contribution in [0, 0.1) is 0 Å². The van der Waals surface area contributed by atoms with Crippen molar-refractivity contribution in [3.8, 4) is 0 Å². The van der Waals surface area contributed by atoms with E-state index in [0.29, 0.717) is 5.02 Å². The number of hydrogen-bond donors (Lipinski definition) is 2. The average molecular weight is 280 g/mol. The molecule has 0 saturated heterocycles. The van der Waals surface area contributed by atoms with E-state index >= 15 is 0 Å². The van der Waals surface area contributed by atoms with Gasteiger partial charge in [0.25, 0.3) is 5.91 Å². The summed E-state index contributed by atoms with van der Waals surface area (Å²) in [6.07, 6.45) is -0.318. The van der Waals surface area contributed by atoms with E-state index in [1.54, 1.807) is 0 Å². The van der Waals surface area contributed by atoms with E-state index in [-0.39, 0.29) is 11.3 Å². The monoisotopic (exact) mass is 279 g/mol. The molecule has 1 unspecified atom stereocenters. The largest absolute Gasteiger partial charge is 0.459 e. The lowest BCUT2D eigenvalue weighted by molar-refractivity contribution is 0.0597. The molecular weight excluding hydrogens is 270 g/mol. The van der Waals surface area contributed by atoms with Crippen molar-refractivity contribution in [2.24, 2.45) is 0 Å². The number of furan rings is 1. The van der Waals surface area contributed by atoms with E-state index in [1.807, 2.05) is 0 Å². The van der Waals surface area contributed by atoms with Crippen molar-refractivity contribution in [3.63, 3.8) is 0 Å². The molecule has 0 aliphatic carbocycles. The minimum Gasteiger partial charge on any atom is -0.459 e. The predicted molar refractivity (Wildman–Crippen MR) is 68.0 cm³/mol. The standard InChI is InChI=1S/C13H10ClNO4/c14-9-5-3-8(4-6-9)11(16)13(18)15-12(17)10-2-1-7-19-10/h1-7,13,18H,(H,15,17). The van der Waals surface area contributed by atoms with Crippen molar-refractivity contribution in [1.82, 2.24) is 5.32 Å². The van der Waals surface area contributed by atoms with Crippen LogP contribution in [0.4, 0.5) is 0 Å². The van der Waals surface area contributed by atoms with Crippen molar-refractivity contribution >= 4 is 23.3 Å². The molecule has 98 valence electrons. The smallest absolute Gasteiger partial charge is 0.289 e. The average Bonchev–Trinajstić information content (AvgIpc) is 2.92. The molecule has 2 rings (SSSR count). The first-order chi connectivity index (χ1) is 9.08. The first-order valence-electron chi connectivity index (χ1n) is 5.40. The van der Waals surface area contributed by atoms with Gasteiger partial charge in [-0.25, -0.2) is 0 Å². The summed E-state index contributed by atoms with van der Waals surface area (Å²) in [4.78, 5) is 23.4. The fraction of sp³-hybridized carbons (Fsp3) is 0.0769. The Labute approximate surface area is 113 Å². The normalized spacial score (nSPS) is 11.9. The molecule has 0 radical (unpaired) electrons. The van der Waals surface area contributed by atoms with Crippen molar-refractivity contribution in [2.45, 2.75) is 6.23 Å². The molecule has 1 amide bonds. The van der Waals surface area contributed by atoms with Gasteiger partial charge in [-0.05, 0) is 36.4 Å². The molecule has 0 fully saturated rings. The number of Topliss-reactive ketones (excluding diaryl/α,β-unsaturated/α-hetero) is 1. The van der Waals surface area contributed by atoms with Gasteiger partial charge >= 0.3 is 0 Å². The third-order valence-corrected chi connectivity index (χ3v) is 2.64. The Bertz CT molecular complexity index is 577. The van der Waals surface area contributed by atoms with Gasteiger partial charge in [0.2, 0.25) is 5.78 Å². The topological polar surface area (TPSA) is 79.5 Å². The van der Waals surface area contributed by atoms with Crippen LogP contribution in [0.5, 0.6) is 0 Å². The van der Waals surface area contributed by atoms with Gasteiger partial charge in [-0.1, -0.05) is 11.6 Å². The van der Waals surface area contributed by atoms with E-state index < -0.39 is 17.9 Å². The summed E-state index contributed by atoms with van der Waals surface area (Å²) in [5, 5.41) is 12.3. The third kappa shape index (κ3) is 3.21. The molecule has 1 aromatic carbocycles. The van der Waals surface area contributed by atoms with Crippen LogP contribution >= 0.6 is 11.6 Å². The molecule has 0 spiro atoms. The molecule has 1 heterocycles. The number of carbonyl (C=O) groups excluding carboxylic acids is 2. The highest BCUT2D eigenvalue weighted by atomic mass is 35.5. The Morgan fingerprint density at radius 1 is 1.21 bits per heavy atom. The Balaban J connectivity index is 2.03. The maximum atomic E-state index is 11.8. The second-order valence-electron chi connectivity index (χ2n) is 3.72. The summed E-state index contributed by atoms with van der Waals surface area (Å²) >= 11 is 5.69. The van der Waals surface area contributed by atoms with Crippen LogP contribution in [0.3, 0.4) is 0 Å². The maximum Gasteiger partial charge on any atom is 0.289 e. The van der Waals surface area contributed by atoms with Crippen LogP contribution in [-0.4, -0.2) is 23.0 Å². The lowest BCUT2D eigenvalue weighted by Crippen LogP contribution is -2.40. The van der Waals surface area contributed by atoms with Gasteiger partial charge < -0.3 is 14.8 Å². The Morgan fingerprint density at radius 2 is 1.89 bits per heavy atom. The summed E-state index contributed by atoms with van der Waals surface area (Å²) in [5.41, 5.74) is 0.247. The number of aliphatic hydroxyl groups is 1. The van der Waals surface area contributed by atoms with Gasteiger partial charge in [0, 0.05) is 10.6 Å². The van der Waals surface area contributed by atoms with E-state index in [4.69, 9.17) is 16.0 Å². The van der Waals surface area contributed by atoms with Gasteiger partial charge in [-0.15, -0.1) is 0 Å². The van der Waals surface area contributed by atoms with Gasteiger partial charge in [0.1, 0.15) is 0 Å². The van der Waals surface area contributed by atoms with Gasteiger partial charge in [0.15, 0.2) is 12.0 Å². The molecule has 1 aromatic heterocycles. The summed E-state index contributed by atoms with van der Waals surface area (Å²) < 4.78 is 4.85. The molecule has 19 heavy (non-hydrogen) atoms. The number of ketones is 1. The van der Waals surface area contributed by atoms with Crippen LogP contribution in [0.2, 0.25) is 5.02 Å². The molecule has 2 aromatic rings. The molecule has 1 atom stereocenters. The fourth-order valence-electron chi connectivity index (χ4n) is 1.44. The van der Waals surface area contributed by atoms with Gasteiger partial charge in [-0.2, -0.15) is 0 Å². The van der Waals surface area contributed by atoms with Crippen LogP contribution < -0.4 is 5.32 Å². The molecular formula is C13H10ClNO4. The van der Waals surface area contributed by atoms with E-state index in [0.717, 1.165) is 0 Å².